The number of hydrogen-bond donors (Lipinski definition) is 0. The summed E-state index contributed by atoms with van der Waals surface area (Å²) in [7, 11) is 0. The van der Waals surface area contributed by atoms with Crippen LogP contribution in [0.5, 0.6) is 0 Å². The second-order valence-corrected chi connectivity index (χ2v) is 4.97. The minimum atomic E-state index is -0.324. The summed E-state index contributed by atoms with van der Waals surface area (Å²) in [4.78, 5) is 16.1. The van der Waals surface area contributed by atoms with Gasteiger partial charge in [-0.2, -0.15) is 0 Å². The minimum absolute atomic E-state index is 0.324. The Morgan fingerprint density at radius 2 is 1.89 bits per heavy atom. The Bertz CT molecular complexity index is 594. The van der Waals surface area contributed by atoms with Gasteiger partial charge in [0.25, 0.3) is 0 Å². The number of ether oxygens (including phenoxy) is 1. The third-order valence-electron chi connectivity index (χ3n) is 2.72. The Balaban J connectivity index is 2.33. The molecule has 1 aromatic carbocycles. The average Bonchev–Trinajstić information content (AvgIpc) is 2.39. The van der Waals surface area contributed by atoms with Crippen LogP contribution in [0.1, 0.15) is 23.0 Å². The SMILES string of the molecule is CCOC(=O)c1ccc(-c2ccc(Br)cc2)nc1C. The lowest BCUT2D eigenvalue weighted by atomic mass is 10.1. The molecular formula is C15H14BrNO2. The minimum Gasteiger partial charge on any atom is -0.462 e. The summed E-state index contributed by atoms with van der Waals surface area (Å²) >= 11 is 3.40. The topological polar surface area (TPSA) is 39.2 Å². The van der Waals surface area contributed by atoms with Crippen LogP contribution in [0.3, 0.4) is 0 Å². The predicted octanol–water partition coefficient (Wildman–Crippen LogP) is 4.00. The van der Waals surface area contributed by atoms with E-state index in [1.54, 1.807) is 13.0 Å². The summed E-state index contributed by atoms with van der Waals surface area (Å²) in [6.07, 6.45) is 0. The number of aromatic nitrogens is 1. The first-order chi connectivity index (χ1) is 9.11. The molecule has 2 rings (SSSR count). The Labute approximate surface area is 120 Å². The van der Waals surface area contributed by atoms with Gasteiger partial charge in [0.15, 0.2) is 0 Å². The van der Waals surface area contributed by atoms with Crippen LogP contribution in [-0.4, -0.2) is 17.6 Å². The van der Waals surface area contributed by atoms with Crippen molar-refractivity contribution in [3.63, 3.8) is 0 Å². The van der Waals surface area contributed by atoms with Crippen LogP contribution in [0.25, 0.3) is 11.3 Å². The summed E-state index contributed by atoms with van der Waals surface area (Å²) < 4.78 is 6.01. The molecule has 0 amide bonds. The monoisotopic (exact) mass is 319 g/mol. The Morgan fingerprint density at radius 1 is 1.21 bits per heavy atom. The Kier molecular flexibility index (Phi) is 4.32. The van der Waals surface area contributed by atoms with E-state index in [-0.39, 0.29) is 5.97 Å². The van der Waals surface area contributed by atoms with Crippen molar-refractivity contribution in [1.82, 2.24) is 4.98 Å². The van der Waals surface area contributed by atoms with Gasteiger partial charge in [-0.05, 0) is 38.1 Å². The van der Waals surface area contributed by atoms with E-state index < -0.39 is 0 Å². The standard InChI is InChI=1S/C15H14BrNO2/c1-3-19-15(18)13-8-9-14(17-10(13)2)11-4-6-12(16)7-5-11/h4-9H,3H2,1-2H3. The fourth-order valence-electron chi connectivity index (χ4n) is 1.77. The number of benzene rings is 1. The van der Waals surface area contributed by atoms with E-state index in [4.69, 9.17) is 4.74 Å². The Morgan fingerprint density at radius 3 is 2.47 bits per heavy atom. The maximum atomic E-state index is 11.7. The molecule has 4 heteroatoms. The summed E-state index contributed by atoms with van der Waals surface area (Å²) in [5, 5.41) is 0. The molecule has 0 saturated heterocycles. The molecule has 0 N–H and O–H groups in total. The molecular weight excluding hydrogens is 306 g/mol. The second-order valence-electron chi connectivity index (χ2n) is 4.06. The number of nitrogens with zero attached hydrogens (tertiary/aromatic N) is 1. The summed E-state index contributed by atoms with van der Waals surface area (Å²) in [5.41, 5.74) is 3.06. The lowest BCUT2D eigenvalue weighted by Crippen LogP contribution is -2.08. The van der Waals surface area contributed by atoms with E-state index in [2.05, 4.69) is 20.9 Å². The first-order valence-electron chi connectivity index (χ1n) is 6.02. The van der Waals surface area contributed by atoms with Crippen molar-refractivity contribution in [3.05, 3.63) is 52.1 Å². The van der Waals surface area contributed by atoms with Crippen LogP contribution >= 0.6 is 15.9 Å². The zero-order valence-corrected chi connectivity index (χ0v) is 12.4. The quantitative estimate of drug-likeness (QED) is 0.803. The lowest BCUT2D eigenvalue weighted by Gasteiger charge is -2.07. The molecule has 0 bridgehead atoms. The summed E-state index contributed by atoms with van der Waals surface area (Å²) in [5.74, 6) is -0.324. The van der Waals surface area contributed by atoms with E-state index in [1.165, 1.54) is 0 Å². The molecule has 0 fully saturated rings. The molecule has 0 atom stereocenters. The molecule has 0 saturated carbocycles. The van der Waals surface area contributed by atoms with E-state index in [9.17, 15) is 4.79 Å². The fraction of sp³-hybridized carbons (Fsp3) is 0.200. The highest BCUT2D eigenvalue weighted by atomic mass is 79.9. The number of pyridine rings is 1. The summed E-state index contributed by atoms with van der Waals surface area (Å²) in [6, 6.07) is 11.5. The highest BCUT2D eigenvalue weighted by Gasteiger charge is 2.12. The van der Waals surface area contributed by atoms with Gasteiger partial charge in [0.2, 0.25) is 0 Å². The van der Waals surface area contributed by atoms with Crippen molar-refractivity contribution in [2.45, 2.75) is 13.8 Å². The van der Waals surface area contributed by atoms with E-state index in [0.717, 1.165) is 15.7 Å². The van der Waals surface area contributed by atoms with Gasteiger partial charge in [0, 0.05) is 10.0 Å². The zero-order valence-electron chi connectivity index (χ0n) is 10.8. The molecule has 0 unspecified atom stereocenters. The third-order valence-corrected chi connectivity index (χ3v) is 3.25. The smallest absolute Gasteiger partial charge is 0.339 e. The van der Waals surface area contributed by atoms with Gasteiger partial charge in [0.1, 0.15) is 0 Å². The van der Waals surface area contributed by atoms with Crippen LogP contribution in [0.4, 0.5) is 0 Å². The maximum absolute atomic E-state index is 11.7. The number of aryl methyl sites for hydroxylation is 1. The average molecular weight is 320 g/mol. The second kappa shape index (κ2) is 5.97. The van der Waals surface area contributed by atoms with Gasteiger partial charge in [-0.25, -0.2) is 4.79 Å². The van der Waals surface area contributed by atoms with Crippen LogP contribution in [-0.2, 0) is 4.74 Å². The van der Waals surface area contributed by atoms with Gasteiger partial charge in [-0.15, -0.1) is 0 Å². The number of carbonyl (C=O) groups excluding carboxylic acids is 1. The molecule has 3 nitrogen and oxygen atoms in total. The largest absolute Gasteiger partial charge is 0.462 e. The number of esters is 1. The molecule has 0 aliphatic carbocycles. The van der Waals surface area contributed by atoms with Crippen LogP contribution in [0, 0.1) is 6.92 Å². The normalized spacial score (nSPS) is 10.3. The van der Waals surface area contributed by atoms with Gasteiger partial charge in [-0.1, -0.05) is 28.1 Å². The number of halogens is 1. The fourth-order valence-corrected chi connectivity index (χ4v) is 2.03. The highest BCUT2D eigenvalue weighted by Crippen LogP contribution is 2.21. The third kappa shape index (κ3) is 3.20. The van der Waals surface area contributed by atoms with E-state index >= 15 is 0 Å². The molecule has 19 heavy (non-hydrogen) atoms. The molecule has 0 aliphatic heterocycles. The van der Waals surface area contributed by atoms with Crippen molar-refractivity contribution in [3.8, 4) is 11.3 Å². The highest BCUT2D eigenvalue weighted by molar-refractivity contribution is 9.10. The maximum Gasteiger partial charge on any atom is 0.339 e. The van der Waals surface area contributed by atoms with Gasteiger partial charge in [0.05, 0.1) is 23.6 Å². The Hall–Kier alpha value is -1.68. The molecule has 98 valence electrons. The van der Waals surface area contributed by atoms with Crippen molar-refractivity contribution in [2.24, 2.45) is 0 Å². The van der Waals surface area contributed by atoms with Gasteiger partial charge in [-0.3, -0.25) is 4.98 Å². The number of hydrogen-bond acceptors (Lipinski definition) is 3. The van der Waals surface area contributed by atoms with Crippen molar-refractivity contribution in [2.75, 3.05) is 6.61 Å². The van der Waals surface area contributed by atoms with Gasteiger partial charge >= 0.3 is 5.97 Å². The molecule has 2 aromatic rings. The number of rotatable bonds is 3. The van der Waals surface area contributed by atoms with Gasteiger partial charge < -0.3 is 4.74 Å². The van der Waals surface area contributed by atoms with Crippen molar-refractivity contribution < 1.29 is 9.53 Å². The first kappa shape index (κ1) is 13.7. The molecule has 1 heterocycles. The molecule has 0 aliphatic rings. The van der Waals surface area contributed by atoms with E-state index in [1.807, 2.05) is 37.3 Å². The molecule has 0 spiro atoms. The summed E-state index contributed by atoms with van der Waals surface area (Å²) in [6.45, 7) is 3.97. The zero-order chi connectivity index (χ0) is 13.8. The number of carbonyl (C=O) groups is 1. The van der Waals surface area contributed by atoms with E-state index in [0.29, 0.717) is 17.9 Å². The van der Waals surface area contributed by atoms with Crippen molar-refractivity contribution in [1.29, 1.82) is 0 Å². The van der Waals surface area contributed by atoms with Crippen LogP contribution in [0.2, 0.25) is 0 Å². The van der Waals surface area contributed by atoms with Crippen molar-refractivity contribution >= 4 is 21.9 Å². The first-order valence-corrected chi connectivity index (χ1v) is 6.82. The van der Waals surface area contributed by atoms with Crippen LogP contribution < -0.4 is 0 Å². The molecule has 0 radical (unpaired) electrons. The predicted molar refractivity (Wildman–Crippen MR) is 78.1 cm³/mol. The van der Waals surface area contributed by atoms with Crippen LogP contribution in [0.15, 0.2) is 40.9 Å². The lowest BCUT2D eigenvalue weighted by molar-refractivity contribution is 0.0525. The molecule has 1 aromatic heterocycles.